The van der Waals surface area contributed by atoms with E-state index in [1.165, 1.54) is 13.2 Å². The third kappa shape index (κ3) is 4.74. The standard InChI is InChI=1S/C20H31FN2O2Si/c1-15-22-11-10-17(14-25-26(6,7)20(2,3)4)23(15)13-16-8-9-18(21)19(12-16)24-5/h8-12,15H,13-14H2,1-7H3. The second-order valence-corrected chi connectivity index (χ2v) is 13.0. The lowest BCUT2D eigenvalue weighted by Gasteiger charge is -2.39. The van der Waals surface area contributed by atoms with Gasteiger partial charge in [0, 0.05) is 18.5 Å². The van der Waals surface area contributed by atoms with E-state index in [9.17, 15) is 4.39 Å². The van der Waals surface area contributed by atoms with Crippen molar-refractivity contribution in [1.29, 1.82) is 0 Å². The van der Waals surface area contributed by atoms with E-state index >= 15 is 0 Å². The van der Waals surface area contributed by atoms with Crippen molar-refractivity contribution in [2.45, 2.75) is 58.5 Å². The molecule has 26 heavy (non-hydrogen) atoms. The van der Waals surface area contributed by atoms with E-state index in [1.807, 2.05) is 12.3 Å². The zero-order chi connectivity index (χ0) is 19.5. The molecule has 0 radical (unpaired) electrons. The molecule has 0 amide bonds. The molecule has 1 heterocycles. The first-order valence-electron chi connectivity index (χ1n) is 9.00. The van der Waals surface area contributed by atoms with Gasteiger partial charge in [-0.05, 0) is 48.8 Å². The van der Waals surface area contributed by atoms with Crippen molar-refractivity contribution in [2.75, 3.05) is 13.7 Å². The molecule has 0 aromatic heterocycles. The first-order chi connectivity index (χ1) is 12.0. The van der Waals surface area contributed by atoms with Crippen LogP contribution in [0.3, 0.4) is 0 Å². The van der Waals surface area contributed by atoms with Crippen molar-refractivity contribution in [3.63, 3.8) is 0 Å². The fourth-order valence-corrected chi connectivity index (χ4v) is 3.45. The highest BCUT2D eigenvalue weighted by Crippen LogP contribution is 2.37. The molecule has 0 bridgehead atoms. The number of hydrogen-bond donors (Lipinski definition) is 0. The van der Waals surface area contributed by atoms with Crippen molar-refractivity contribution in [1.82, 2.24) is 4.90 Å². The van der Waals surface area contributed by atoms with Gasteiger partial charge in [-0.1, -0.05) is 26.8 Å². The Bertz CT molecular complexity index is 696. The van der Waals surface area contributed by atoms with Crippen LogP contribution in [0.4, 0.5) is 4.39 Å². The molecule has 0 aliphatic carbocycles. The first-order valence-corrected chi connectivity index (χ1v) is 11.9. The van der Waals surface area contributed by atoms with Gasteiger partial charge in [-0.2, -0.15) is 0 Å². The quantitative estimate of drug-likeness (QED) is 0.655. The topological polar surface area (TPSA) is 34.1 Å². The molecule has 1 aliphatic heterocycles. The van der Waals surface area contributed by atoms with Gasteiger partial charge >= 0.3 is 0 Å². The number of allylic oxidation sites excluding steroid dienone is 1. The molecule has 144 valence electrons. The monoisotopic (exact) mass is 378 g/mol. The fourth-order valence-electron chi connectivity index (χ4n) is 2.50. The Kier molecular flexibility index (Phi) is 6.29. The van der Waals surface area contributed by atoms with Gasteiger partial charge in [0.2, 0.25) is 0 Å². The Hall–Kier alpha value is -1.66. The second-order valence-electron chi connectivity index (χ2n) is 8.23. The molecule has 1 aromatic carbocycles. The molecule has 1 atom stereocenters. The van der Waals surface area contributed by atoms with Crippen molar-refractivity contribution in [3.05, 3.63) is 41.4 Å². The van der Waals surface area contributed by atoms with Crippen LogP contribution >= 0.6 is 0 Å². The van der Waals surface area contributed by atoms with Crippen LogP contribution in [0.25, 0.3) is 0 Å². The van der Waals surface area contributed by atoms with Gasteiger partial charge in [-0.15, -0.1) is 0 Å². The van der Waals surface area contributed by atoms with Gasteiger partial charge in [0.05, 0.1) is 13.7 Å². The Morgan fingerprint density at radius 1 is 1.27 bits per heavy atom. The van der Waals surface area contributed by atoms with Gasteiger partial charge in [0.25, 0.3) is 0 Å². The highest BCUT2D eigenvalue weighted by molar-refractivity contribution is 6.74. The van der Waals surface area contributed by atoms with E-state index in [0.717, 1.165) is 11.3 Å². The molecule has 1 aliphatic rings. The van der Waals surface area contributed by atoms with Crippen molar-refractivity contribution in [2.24, 2.45) is 4.99 Å². The fraction of sp³-hybridized carbons (Fsp3) is 0.550. The Labute approximate surface area is 157 Å². The van der Waals surface area contributed by atoms with Gasteiger partial charge in [-0.3, -0.25) is 4.99 Å². The average Bonchev–Trinajstić information content (AvgIpc) is 2.56. The highest BCUT2D eigenvalue weighted by Gasteiger charge is 2.37. The van der Waals surface area contributed by atoms with Crippen LogP contribution in [0.15, 0.2) is 35.0 Å². The molecule has 0 N–H and O–H groups in total. The number of hydrogen-bond acceptors (Lipinski definition) is 4. The molecule has 0 fully saturated rings. The Morgan fingerprint density at radius 2 is 1.96 bits per heavy atom. The summed E-state index contributed by atoms with van der Waals surface area (Å²) in [5.74, 6) is -0.0864. The van der Waals surface area contributed by atoms with Crippen LogP contribution in [0, 0.1) is 5.82 Å². The summed E-state index contributed by atoms with van der Waals surface area (Å²) in [5.41, 5.74) is 2.08. The van der Waals surface area contributed by atoms with Gasteiger partial charge in [-0.25, -0.2) is 4.39 Å². The molecule has 4 nitrogen and oxygen atoms in total. The summed E-state index contributed by atoms with van der Waals surface area (Å²) in [6.07, 6.45) is 3.86. The molecule has 1 unspecified atom stereocenters. The summed E-state index contributed by atoms with van der Waals surface area (Å²) in [4.78, 5) is 6.68. The number of benzene rings is 1. The lowest BCUT2D eigenvalue weighted by atomic mass is 10.1. The SMILES string of the molecule is COc1cc(CN2C(CO[Si](C)(C)C(C)(C)C)=CC=NC2C)ccc1F. The zero-order valence-electron chi connectivity index (χ0n) is 17.0. The highest BCUT2D eigenvalue weighted by atomic mass is 28.4. The molecule has 6 heteroatoms. The molecule has 0 saturated carbocycles. The molecule has 1 aromatic rings. The van der Waals surface area contributed by atoms with E-state index in [2.05, 4.69) is 50.7 Å². The normalized spacial score (nSPS) is 18.1. The number of aliphatic imine (C=N–C) groups is 1. The molecule has 0 spiro atoms. The summed E-state index contributed by atoms with van der Waals surface area (Å²) in [7, 11) is -0.356. The lowest BCUT2D eigenvalue weighted by molar-refractivity contribution is 0.209. The van der Waals surface area contributed by atoms with Gasteiger partial charge < -0.3 is 14.1 Å². The van der Waals surface area contributed by atoms with Crippen molar-refractivity contribution in [3.8, 4) is 5.75 Å². The summed E-state index contributed by atoms with van der Waals surface area (Å²) in [6, 6.07) is 4.98. The molecular weight excluding hydrogens is 347 g/mol. The summed E-state index contributed by atoms with van der Waals surface area (Å²) >= 11 is 0. The maximum Gasteiger partial charge on any atom is 0.192 e. The molecular formula is C20H31FN2O2Si. The maximum absolute atomic E-state index is 13.7. The minimum atomic E-state index is -1.84. The third-order valence-corrected chi connectivity index (χ3v) is 9.82. The summed E-state index contributed by atoms with van der Waals surface area (Å²) in [6.45, 7) is 14.5. The number of rotatable bonds is 6. The largest absolute Gasteiger partial charge is 0.494 e. The number of ether oxygens (including phenoxy) is 1. The van der Waals surface area contributed by atoms with Crippen molar-refractivity contribution < 1.29 is 13.6 Å². The number of halogens is 1. The third-order valence-electron chi connectivity index (χ3n) is 5.34. The molecule has 0 saturated heterocycles. The predicted octanol–water partition coefficient (Wildman–Crippen LogP) is 4.97. The van der Waals surface area contributed by atoms with E-state index in [4.69, 9.17) is 9.16 Å². The van der Waals surface area contributed by atoms with E-state index in [1.54, 1.807) is 12.1 Å². The van der Waals surface area contributed by atoms with Crippen LogP contribution in [0.2, 0.25) is 18.1 Å². The minimum absolute atomic E-state index is 0.00839. The average molecular weight is 379 g/mol. The van der Waals surface area contributed by atoms with Crippen LogP contribution in [0.1, 0.15) is 33.3 Å². The van der Waals surface area contributed by atoms with Crippen LogP contribution < -0.4 is 4.74 Å². The van der Waals surface area contributed by atoms with Crippen LogP contribution in [-0.4, -0.2) is 39.3 Å². The van der Waals surface area contributed by atoms with E-state index in [-0.39, 0.29) is 22.8 Å². The van der Waals surface area contributed by atoms with Crippen molar-refractivity contribution >= 4 is 14.5 Å². The van der Waals surface area contributed by atoms with E-state index in [0.29, 0.717) is 13.2 Å². The Morgan fingerprint density at radius 3 is 2.58 bits per heavy atom. The van der Waals surface area contributed by atoms with Gasteiger partial charge in [0.15, 0.2) is 19.9 Å². The number of nitrogens with zero attached hydrogens (tertiary/aromatic N) is 2. The zero-order valence-corrected chi connectivity index (χ0v) is 18.0. The maximum atomic E-state index is 13.7. The van der Waals surface area contributed by atoms with Crippen LogP contribution in [-0.2, 0) is 11.0 Å². The van der Waals surface area contributed by atoms with E-state index < -0.39 is 8.32 Å². The number of methoxy groups -OCH3 is 1. The first kappa shape index (κ1) is 20.6. The minimum Gasteiger partial charge on any atom is -0.494 e. The Balaban J connectivity index is 2.15. The summed E-state index contributed by atoms with van der Waals surface area (Å²) in [5, 5.41) is 0.164. The summed E-state index contributed by atoms with van der Waals surface area (Å²) < 4.78 is 25.2. The second kappa shape index (κ2) is 7.92. The van der Waals surface area contributed by atoms with Crippen LogP contribution in [0.5, 0.6) is 5.75 Å². The smallest absolute Gasteiger partial charge is 0.192 e. The van der Waals surface area contributed by atoms with Gasteiger partial charge in [0.1, 0.15) is 6.17 Å². The predicted molar refractivity (Wildman–Crippen MR) is 108 cm³/mol. The lowest BCUT2D eigenvalue weighted by Crippen LogP contribution is -2.43. The molecule has 2 rings (SSSR count).